The van der Waals surface area contributed by atoms with Gasteiger partial charge in [0.2, 0.25) is 0 Å². The summed E-state index contributed by atoms with van der Waals surface area (Å²) in [6, 6.07) is 0. The highest BCUT2D eigenvalue weighted by molar-refractivity contribution is 7.81. The molecule has 2 unspecified atom stereocenters. The normalized spacial score (nSPS) is 31.3. The van der Waals surface area contributed by atoms with Crippen molar-refractivity contribution < 1.29 is 0 Å². The first-order valence-corrected chi connectivity index (χ1v) is 6.36. The Bertz CT molecular complexity index is 197. The maximum absolute atomic E-state index is 4.67. The highest BCUT2D eigenvalue weighted by atomic mass is 32.1. The molecule has 1 heterocycles. The Morgan fingerprint density at radius 2 is 1.86 bits per heavy atom. The molecule has 0 spiro atoms. The Kier molecular flexibility index (Phi) is 4.21. The van der Waals surface area contributed by atoms with Crippen molar-refractivity contribution in [2.45, 2.75) is 50.5 Å². The quantitative estimate of drug-likeness (QED) is 0.723. The molecule has 0 saturated carbocycles. The first kappa shape index (κ1) is 12.7. The predicted octanol–water partition coefficient (Wildman–Crippen LogP) is 2.28. The van der Waals surface area contributed by atoms with Crippen LogP contribution < -0.4 is 0 Å². The van der Waals surface area contributed by atoms with E-state index in [2.05, 4.69) is 62.8 Å². The van der Waals surface area contributed by atoms with Crippen molar-refractivity contribution in [3.05, 3.63) is 0 Å². The van der Waals surface area contributed by atoms with Crippen molar-refractivity contribution in [1.29, 1.82) is 0 Å². The third kappa shape index (κ3) is 2.23. The molecule has 0 radical (unpaired) electrons. The Balaban J connectivity index is 2.79. The molecule has 2 atom stereocenters. The highest BCUT2D eigenvalue weighted by Gasteiger charge is 2.41. The monoisotopic (exact) mass is 234 g/mol. The van der Waals surface area contributed by atoms with E-state index in [9.17, 15) is 0 Å². The zero-order valence-electron chi connectivity index (χ0n) is 9.56. The Morgan fingerprint density at radius 1 is 1.29 bits per heavy atom. The number of hydrogen-bond acceptors (Lipinski definition) is 4. The number of nitrogens with zero attached hydrogens (tertiary/aromatic N) is 2. The van der Waals surface area contributed by atoms with Crippen molar-refractivity contribution in [3.8, 4) is 0 Å². The molecule has 0 aromatic heterocycles. The Labute approximate surface area is 98.8 Å². The fourth-order valence-corrected chi connectivity index (χ4v) is 3.40. The lowest BCUT2D eigenvalue weighted by molar-refractivity contribution is 0.0957. The van der Waals surface area contributed by atoms with Crippen LogP contribution in [0.1, 0.15) is 34.1 Å². The van der Waals surface area contributed by atoms with Gasteiger partial charge in [-0.2, -0.15) is 12.6 Å². The molecule has 0 aliphatic carbocycles. The van der Waals surface area contributed by atoms with E-state index in [1.165, 1.54) is 0 Å². The second-order valence-corrected chi connectivity index (χ2v) is 5.55. The minimum Gasteiger partial charge on any atom is -0.277 e. The van der Waals surface area contributed by atoms with Crippen LogP contribution in [0.3, 0.4) is 0 Å². The van der Waals surface area contributed by atoms with E-state index in [4.69, 9.17) is 0 Å². The first-order valence-electron chi connectivity index (χ1n) is 5.32. The predicted molar refractivity (Wildman–Crippen MR) is 69.0 cm³/mol. The largest absolute Gasteiger partial charge is 0.277 e. The van der Waals surface area contributed by atoms with Crippen LogP contribution in [0.15, 0.2) is 0 Å². The average molecular weight is 234 g/mol. The summed E-state index contributed by atoms with van der Waals surface area (Å²) in [6.45, 7) is 11.0. The van der Waals surface area contributed by atoms with E-state index in [0.717, 1.165) is 19.5 Å². The molecule has 14 heavy (non-hydrogen) atoms. The van der Waals surface area contributed by atoms with Crippen molar-refractivity contribution in [2.24, 2.45) is 0 Å². The maximum Gasteiger partial charge on any atom is 0.109 e. The van der Waals surface area contributed by atoms with Crippen LogP contribution in [-0.4, -0.2) is 39.3 Å². The lowest BCUT2D eigenvalue weighted by atomic mass is 10.0. The van der Waals surface area contributed by atoms with E-state index in [-0.39, 0.29) is 11.0 Å². The second kappa shape index (κ2) is 4.64. The van der Waals surface area contributed by atoms with Crippen molar-refractivity contribution in [2.75, 3.05) is 13.1 Å². The van der Waals surface area contributed by atoms with E-state index in [1.54, 1.807) is 0 Å². The van der Waals surface area contributed by atoms with Gasteiger partial charge in [-0.1, -0.05) is 13.8 Å². The van der Waals surface area contributed by atoms with Crippen LogP contribution in [-0.2, 0) is 0 Å². The van der Waals surface area contributed by atoms with E-state index in [0.29, 0.717) is 5.37 Å². The standard InChI is InChI=1S/C10H22N2S2/c1-5-10(3,4)12-8(13)7-11(6-2)9(12)14/h8-9,13-14H,5-7H2,1-4H3. The number of likely N-dealkylation sites (N-methyl/N-ethyl adjacent to an activating group) is 1. The average Bonchev–Trinajstić information content (AvgIpc) is 2.41. The van der Waals surface area contributed by atoms with E-state index < -0.39 is 0 Å². The van der Waals surface area contributed by atoms with Crippen molar-refractivity contribution in [1.82, 2.24) is 9.80 Å². The number of rotatable bonds is 3. The van der Waals surface area contributed by atoms with Gasteiger partial charge in [0, 0.05) is 12.1 Å². The van der Waals surface area contributed by atoms with Crippen LogP contribution in [0.4, 0.5) is 0 Å². The molecule has 0 aromatic rings. The van der Waals surface area contributed by atoms with Crippen LogP contribution in [0.5, 0.6) is 0 Å². The minimum atomic E-state index is 0.183. The van der Waals surface area contributed by atoms with Crippen LogP contribution in [0.2, 0.25) is 0 Å². The summed E-state index contributed by atoms with van der Waals surface area (Å²) in [7, 11) is 0. The van der Waals surface area contributed by atoms with Gasteiger partial charge in [0.15, 0.2) is 0 Å². The molecule has 0 aromatic carbocycles. The molecule has 2 nitrogen and oxygen atoms in total. The van der Waals surface area contributed by atoms with Gasteiger partial charge < -0.3 is 0 Å². The topological polar surface area (TPSA) is 6.48 Å². The molecule has 1 aliphatic heterocycles. The molecular weight excluding hydrogens is 212 g/mol. The number of hydrogen-bond donors (Lipinski definition) is 2. The molecule has 4 heteroatoms. The van der Waals surface area contributed by atoms with Gasteiger partial charge in [-0.05, 0) is 26.8 Å². The first-order chi connectivity index (χ1) is 6.44. The molecule has 0 N–H and O–H groups in total. The maximum atomic E-state index is 4.67. The van der Waals surface area contributed by atoms with E-state index >= 15 is 0 Å². The molecule has 84 valence electrons. The smallest absolute Gasteiger partial charge is 0.109 e. The summed E-state index contributed by atoms with van der Waals surface area (Å²) in [6.07, 6.45) is 1.12. The van der Waals surface area contributed by atoms with Gasteiger partial charge in [0.1, 0.15) is 5.50 Å². The van der Waals surface area contributed by atoms with Crippen LogP contribution in [0, 0.1) is 0 Å². The third-order valence-corrected chi connectivity index (χ3v) is 4.25. The molecular formula is C10H22N2S2. The molecule has 1 rings (SSSR count). The number of thiol groups is 2. The Hall–Kier alpha value is 0.620. The molecule has 0 amide bonds. The molecule has 1 fully saturated rings. The van der Waals surface area contributed by atoms with Crippen molar-refractivity contribution in [3.63, 3.8) is 0 Å². The highest BCUT2D eigenvalue weighted by Crippen LogP contribution is 2.34. The fraction of sp³-hybridized carbons (Fsp3) is 1.00. The SMILES string of the molecule is CCN1CC(S)N(C(C)(C)CC)C1S. The third-order valence-electron chi connectivity index (χ3n) is 3.26. The van der Waals surface area contributed by atoms with Crippen molar-refractivity contribution >= 4 is 25.3 Å². The minimum absolute atomic E-state index is 0.183. The lowest BCUT2D eigenvalue weighted by Gasteiger charge is -2.40. The summed E-state index contributed by atoms with van der Waals surface area (Å²) in [5.74, 6) is 0. The van der Waals surface area contributed by atoms with Gasteiger partial charge in [-0.15, -0.1) is 12.6 Å². The summed E-state index contributed by atoms with van der Waals surface area (Å²) < 4.78 is 0. The molecule has 0 bridgehead atoms. The van der Waals surface area contributed by atoms with Gasteiger partial charge in [-0.3, -0.25) is 9.80 Å². The summed E-state index contributed by atoms with van der Waals surface area (Å²) >= 11 is 9.31. The Morgan fingerprint density at radius 3 is 2.21 bits per heavy atom. The zero-order valence-corrected chi connectivity index (χ0v) is 11.4. The fourth-order valence-electron chi connectivity index (χ4n) is 1.91. The molecule has 1 saturated heterocycles. The summed E-state index contributed by atoms with van der Waals surface area (Å²) in [4.78, 5) is 4.74. The summed E-state index contributed by atoms with van der Waals surface area (Å²) in [5, 5.41) is 0.312. The van der Waals surface area contributed by atoms with Gasteiger partial charge in [0.25, 0.3) is 0 Å². The molecule has 1 aliphatic rings. The second-order valence-electron chi connectivity index (χ2n) is 4.49. The zero-order chi connectivity index (χ0) is 10.9. The van der Waals surface area contributed by atoms with Crippen LogP contribution in [0.25, 0.3) is 0 Å². The summed E-state index contributed by atoms with van der Waals surface area (Å²) in [5.41, 5.74) is 0.403. The van der Waals surface area contributed by atoms with Crippen LogP contribution >= 0.6 is 25.3 Å². The van der Waals surface area contributed by atoms with E-state index in [1.807, 2.05) is 0 Å². The lowest BCUT2D eigenvalue weighted by Crippen LogP contribution is -2.49. The van der Waals surface area contributed by atoms with Gasteiger partial charge >= 0.3 is 0 Å². The van der Waals surface area contributed by atoms with Gasteiger partial charge in [0.05, 0.1) is 5.37 Å². The van der Waals surface area contributed by atoms with Gasteiger partial charge in [-0.25, -0.2) is 0 Å².